The number of fused-ring (bicyclic) bond motifs is 1. The predicted octanol–water partition coefficient (Wildman–Crippen LogP) is 1.31. The van der Waals surface area contributed by atoms with Gasteiger partial charge >= 0.3 is 5.69 Å². The van der Waals surface area contributed by atoms with E-state index in [1.54, 1.807) is 15.3 Å². The molecular formula is C13H18N4O2. The van der Waals surface area contributed by atoms with Crippen LogP contribution in [0.3, 0.4) is 0 Å². The maximum atomic E-state index is 12.4. The summed E-state index contributed by atoms with van der Waals surface area (Å²) >= 11 is 0. The zero-order valence-electron chi connectivity index (χ0n) is 11.5. The normalized spacial score (nSPS) is 16.2. The number of nitrogens with zero attached hydrogens (tertiary/aromatic N) is 4. The minimum Gasteiger partial charge on any atom is -0.377 e. The van der Waals surface area contributed by atoms with Gasteiger partial charge in [0.1, 0.15) is 0 Å². The van der Waals surface area contributed by atoms with Crippen molar-refractivity contribution in [2.24, 2.45) is 0 Å². The highest BCUT2D eigenvalue weighted by molar-refractivity contribution is 5.67. The molecule has 2 aromatic heterocycles. The van der Waals surface area contributed by atoms with Gasteiger partial charge in [0.15, 0.2) is 11.3 Å². The van der Waals surface area contributed by atoms with Gasteiger partial charge in [-0.25, -0.2) is 14.8 Å². The van der Waals surface area contributed by atoms with Crippen molar-refractivity contribution in [3.05, 3.63) is 22.4 Å². The third-order valence-corrected chi connectivity index (χ3v) is 3.57. The Hall–Kier alpha value is -1.69. The van der Waals surface area contributed by atoms with Gasteiger partial charge in [-0.3, -0.25) is 9.13 Å². The Bertz CT molecular complexity index is 667. The Morgan fingerprint density at radius 2 is 2.16 bits per heavy atom. The highest BCUT2D eigenvalue weighted by atomic mass is 16.5. The molecule has 102 valence electrons. The molecule has 0 spiro atoms. The average molecular weight is 262 g/mol. The van der Waals surface area contributed by atoms with Gasteiger partial charge in [0.25, 0.3) is 0 Å². The second kappa shape index (κ2) is 4.45. The molecule has 0 saturated carbocycles. The van der Waals surface area contributed by atoms with Gasteiger partial charge in [0, 0.05) is 6.54 Å². The average Bonchev–Trinajstić information content (AvgIpc) is 2.60. The minimum atomic E-state index is -0.0355. The topological polar surface area (TPSA) is 61.9 Å². The molecule has 1 saturated heterocycles. The van der Waals surface area contributed by atoms with Gasteiger partial charge in [0.05, 0.1) is 31.1 Å². The largest absolute Gasteiger partial charge is 0.377 e. The molecule has 3 rings (SSSR count). The summed E-state index contributed by atoms with van der Waals surface area (Å²) in [7, 11) is 0. The van der Waals surface area contributed by atoms with Crippen LogP contribution in [0, 0.1) is 0 Å². The van der Waals surface area contributed by atoms with Crippen LogP contribution in [-0.4, -0.2) is 32.3 Å². The molecule has 3 heterocycles. The first-order chi connectivity index (χ1) is 9.13. The number of rotatable bonds is 3. The highest BCUT2D eigenvalue weighted by Gasteiger charge is 2.27. The Balaban J connectivity index is 2.28. The fourth-order valence-corrected chi connectivity index (χ4v) is 2.31. The SMILES string of the molecule is CCn1c(=O)n(C2COC2)c2nc(C(C)C)cnc21. The van der Waals surface area contributed by atoms with E-state index in [-0.39, 0.29) is 11.7 Å². The van der Waals surface area contributed by atoms with Crippen LogP contribution in [0.5, 0.6) is 0 Å². The van der Waals surface area contributed by atoms with Crippen molar-refractivity contribution in [3.63, 3.8) is 0 Å². The first kappa shape index (κ1) is 12.3. The maximum Gasteiger partial charge on any atom is 0.331 e. The van der Waals surface area contributed by atoms with E-state index in [1.807, 2.05) is 6.92 Å². The van der Waals surface area contributed by atoms with E-state index in [0.717, 1.165) is 5.69 Å². The number of imidazole rings is 1. The molecule has 1 aliphatic rings. The number of aromatic nitrogens is 4. The molecule has 6 nitrogen and oxygen atoms in total. The van der Waals surface area contributed by atoms with E-state index in [0.29, 0.717) is 37.0 Å². The van der Waals surface area contributed by atoms with Crippen LogP contribution >= 0.6 is 0 Å². The molecule has 0 atom stereocenters. The summed E-state index contributed by atoms with van der Waals surface area (Å²) in [5.41, 5.74) is 2.23. The minimum absolute atomic E-state index is 0.0355. The summed E-state index contributed by atoms with van der Waals surface area (Å²) in [6.45, 7) is 7.85. The third kappa shape index (κ3) is 1.78. The number of hydrogen-bond donors (Lipinski definition) is 0. The van der Waals surface area contributed by atoms with Gasteiger partial charge < -0.3 is 4.74 Å². The van der Waals surface area contributed by atoms with Gasteiger partial charge in [-0.2, -0.15) is 0 Å². The molecule has 0 amide bonds. The lowest BCUT2D eigenvalue weighted by atomic mass is 10.1. The van der Waals surface area contributed by atoms with Crippen molar-refractivity contribution in [2.75, 3.05) is 13.2 Å². The molecule has 0 radical (unpaired) electrons. The third-order valence-electron chi connectivity index (χ3n) is 3.57. The van der Waals surface area contributed by atoms with Gasteiger partial charge in [0.2, 0.25) is 0 Å². The Morgan fingerprint density at radius 1 is 1.42 bits per heavy atom. The number of ether oxygens (including phenoxy) is 1. The predicted molar refractivity (Wildman–Crippen MR) is 71.4 cm³/mol. The monoisotopic (exact) mass is 262 g/mol. The van der Waals surface area contributed by atoms with Crippen LogP contribution in [-0.2, 0) is 11.3 Å². The summed E-state index contributed by atoms with van der Waals surface area (Å²) in [5.74, 6) is 0.295. The van der Waals surface area contributed by atoms with E-state index >= 15 is 0 Å². The van der Waals surface area contributed by atoms with Crippen molar-refractivity contribution in [2.45, 2.75) is 39.3 Å². The van der Waals surface area contributed by atoms with Crippen LogP contribution in [0.2, 0.25) is 0 Å². The van der Waals surface area contributed by atoms with Crippen molar-refractivity contribution in [3.8, 4) is 0 Å². The summed E-state index contributed by atoms with van der Waals surface area (Å²) in [6.07, 6.45) is 1.76. The quantitative estimate of drug-likeness (QED) is 0.836. The Labute approximate surface area is 111 Å². The smallest absolute Gasteiger partial charge is 0.331 e. The molecule has 0 bridgehead atoms. The molecule has 0 aliphatic carbocycles. The lowest BCUT2D eigenvalue weighted by Crippen LogP contribution is -2.38. The molecule has 6 heteroatoms. The van der Waals surface area contributed by atoms with E-state index < -0.39 is 0 Å². The standard InChI is InChI=1S/C13H18N4O2/c1-4-16-11-12(15-10(5-14-11)8(2)3)17(13(16)18)9-6-19-7-9/h5,8-9H,4,6-7H2,1-3H3. The Kier molecular flexibility index (Phi) is 2.89. The molecule has 0 N–H and O–H groups in total. The summed E-state index contributed by atoms with van der Waals surface area (Å²) in [6, 6.07) is 0.0968. The first-order valence-corrected chi connectivity index (χ1v) is 6.69. The molecule has 1 aliphatic heterocycles. The highest BCUT2D eigenvalue weighted by Crippen LogP contribution is 2.21. The second-order valence-electron chi connectivity index (χ2n) is 5.18. The van der Waals surface area contributed by atoms with Crippen LogP contribution in [0.15, 0.2) is 11.0 Å². The first-order valence-electron chi connectivity index (χ1n) is 6.69. The summed E-state index contributed by atoms with van der Waals surface area (Å²) in [5, 5.41) is 0. The fourth-order valence-electron chi connectivity index (χ4n) is 2.31. The maximum absolute atomic E-state index is 12.4. The fraction of sp³-hybridized carbons (Fsp3) is 0.615. The van der Waals surface area contributed by atoms with Crippen molar-refractivity contribution in [1.82, 2.24) is 19.1 Å². The molecule has 0 aromatic carbocycles. The van der Waals surface area contributed by atoms with Crippen molar-refractivity contribution < 1.29 is 4.74 Å². The zero-order valence-corrected chi connectivity index (χ0v) is 11.5. The van der Waals surface area contributed by atoms with Gasteiger partial charge in [-0.15, -0.1) is 0 Å². The van der Waals surface area contributed by atoms with Crippen LogP contribution in [0.25, 0.3) is 11.3 Å². The lowest BCUT2D eigenvalue weighted by Gasteiger charge is -2.26. The van der Waals surface area contributed by atoms with Gasteiger partial charge in [-0.1, -0.05) is 13.8 Å². The zero-order chi connectivity index (χ0) is 13.6. The van der Waals surface area contributed by atoms with E-state index in [4.69, 9.17) is 4.74 Å². The van der Waals surface area contributed by atoms with Crippen LogP contribution < -0.4 is 5.69 Å². The summed E-state index contributed by atoms with van der Waals surface area (Å²) in [4.78, 5) is 21.5. The molecule has 2 aromatic rings. The van der Waals surface area contributed by atoms with E-state index in [2.05, 4.69) is 23.8 Å². The molecule has 19 heavy (non-hydrogen) atoms. The summed E-state index contributed by atoms with van der Waals surface area (Å²) < 4.78 is 8.61. The van der Waals surface area contributed by atoms with E-state index in [1.165, 1.54) is 0 Å². The van der Waals surface area contributed by atoms with Crippen LogP contribution in [0.4, 0.5) is 0 Å². The lowest BCUT2D eigenvalue weighted by molar-refractivity contribution is -0.0234. The molecule has 1 fully saturated rings. The van der Waals surface area contributed by atoms with Crippen molar-refractivity contribution >= 4 is 11.3 Å². The van der Waals surface area contributed by atoms with Crippen LogP contribution in [0.1, 0.15) is 38.4 Å². The second-order valence-corrected chi connectivity index (χ2v) is 5.18. The van der Waals surface area contributed by atoms with Gasteiger partial charge in [-0.05, 0) is 12.8 Å². The van der Waals surface area contributed by atoms with E-state index in [9.17, 15) is 4.79 Å². The van der Waals surface area contributed by atoms with Crippen molar-refractivity contribution in [1.29, 1.82) is 0 Å². The number of hydrogen-bond acceptors (Lipinski definition) is 4. The molecule has 0 unspecified atom stereocenters. The molecular weight excluding hydrogens is 244 g/mol. The number of aryl methyl sites for hydroxylation is 1. The Morgan fingerprint density at radius 3 is 2.68 bits per heavy atom.